The second-order valence-electron chi connectivity index (χ2n) is 4.45. The molecule has 0 saturated heterocycles. The third-order valence-electron chi connectivity index (χ3n) is 2.82. The van der Waals surface area contributed by atoms with Crippen LogP contribution in [-0.2, 0) is 4.79 Å². The zero-order chi connectivity index (χ0) is 17.0. The summed E-state index contributed by atoms with van der Waals surface area (Å²) >= 11 is 17.1. The Morgan fingerprint density at radius 3 is 2.48 bits per heavy atom. The predicted octanol–water partition coefficient (Wildman–Crippen LogP) is 4.24. The summed E-state index contributed by atoms with van der Waals surface area (Å²) in [5.41, 5.74) is 0.598. The maximum atomic E-state index is 12.7. The Morgan fingerprint density at radius 2 is 1.83 bits per heavy atom. The minimum atomic E-state index is -0.701. The van der Waals surface area contributed by atoms with Gasteiger partial charge < -0.3 is 4.74 Å². The van der Waals surface area contributed by atoms with Crippen LogP contribution in [0, 0.1) is 11.3 Å². The molecule has 23 heavy (non-hydrogen) atoms. The highest BCUT2D eigenvalue weighted by atomic mass is 35.5. The molecule has 0 N–H and O–H groups in total. The topological polar surface area (TPSA) is 67.2 Å². The van der Waals surface area contributed by atoms with Crippen molar-refractivity contribution in [1.29, 1.82) is 5.26 Å². The summed E-state index contributed by atoms with van der Waals surface area (Å²) in [6.07, 6.45) is 0. The largest absolute Gasteiger partial charge is 0.484 e. The van der Waals surface area contributed by atoms with E-state index in [0.717, 1.165) is 0 Å². The molecule has 0 radical (unpaired) electrons. The van der Waals surface area contributed by atoms with Crippen molar-refractivity contribution in [3.63, 3.8) is 0 Å². The number of carbonyl (C=O) groups is 2. The number of carbonyl (C=O) groups excluding carboxylic acids is 2. The average molecular weight is 369 g/mol. The molecule has 7 heteroatoms. The minimum Gasteiger partial charge on any atom is -0.484 e. The first kappa shape index (κ1) is 17.3. The molecule has 0 atom stereocenters. The second kappa shape index (κ2) is 7.47. The van der Waals surface area contributed by atoms with Gasteiger partial charge in [-0.1, -0.05) is 23.2 Å². The normalized spacial score (nSPS) is 10.0. The van der Waals surface area contributed by atoms with Crippen LogP contribution in [0.1, 0.15) is 21.5 Å². The molecule has 0 aromatic heterocycles. The van der Waals surface area contributed by atoms with Crippen molar-refractivity contribution in [1.82, 2.24) is 0 Å². The van der Waals surface area contributed by atoms with E-state index in [4.69, 9.17) is 44.8 Å². The highest BCUT2D eigenvalue weighted by Gasteiger charge is 2.17. The molecule has 0 heterocycles. The molecule has 4 nitrogen and oxygen atoms in total. The molecule has 0 bridgehead atoms. The monoisotopic (exact) mass is 367 g/mol. The number of halogens is 3. The van der Waals surface area contributed by atoms with E-state index in [-0.39, 0.29) is 34.1 Å². The SMILES string of the molecule is N#Cc1cc(Cl)cc(C(=O)c2cc(Cl)ccc2OCC(=O)Cl)c1. The van der Waals surface area contributed by atoms with Gasteiger partial charge in [0.2, 0.25) is 0 Å². The number of nitriles is 1. The molecule has 0 spiro atoms. The van der Waals surface area contributed by atoms with Crippen molar-refractivity contribution in [2.45, 2.75) is 0 Å². The van der Waals surface area contributed by atoms with E-state index in [2.05, 4.69) is 0 Å². The van der Waals surface area contributed by atoms with E-state index in [1.54, 1.807) is 0 Å². The first-order valence-electron chi connectivity index (χ1n) is 6.27. The maximum Gasteiger partial charge on any atom is 0.259 e. The van der Waals surface area contributed by atoms with Crippen LogP contribution >= 0.6 is 34.8 Å². The lowest BCUT2D eigenvalue weighted by molar-refractivity contribution is -0.113. The highest BCUT2D eigenvalue weighted by molar-refractivity contribution is 6.63. The van der Waals surface area contributed by atoms with Crippen LogP contribution in [-0.4, -0.2) is 17.6 Å². The van der Waals surface area contributed by atoms with Crippen LogP contribution in [0.5, 0.6) is 5.75 Å². The van der Waals surface area contributed by atoms with Gasteiger partial charge in [-0.05, 0) is 48.0 Å². The molecule has 0 unspecified atom stereocenters. The van der Waals surface area contributed by atoms with E-state index in [1.807, 2.05) is 6.07 Å². The van der Waals surface area contributed by atoms with Gasteiger partial charge in [0.25, 0.3) is 5.24 Å². The lowest BCUT2D eigenvalue weighted by atomic mass is 10.0. The lowest BCUT2D eigenvalue weighted by Crippen LogP contribution is -2.10. The molecule has 0 amide bonds. The van der Waals surface area contributed by atoms with Crippen molar-refractivity contribution >= 4 is 45.8 Å². The van der Waals surface area contributed by atoms with Gasteiger partial charge in [-0.3, -0.25) is 9.59 Å². The summed E-state index contributed by atoms with van der Waals surface area (Å²) in [5, 5.41) is 8.84. The van der Waals surface area contributed by atoms with Crippen LogP contribution in [0.15, 0.2) is 36.4 Å². The average Bonchev–Trinajstić information content (AvgIpc) is 2.52. The van der Waals surface area contributed by atoms with Gasteiger partial charge in [-0.2, -0.15) is 5.26 Å². The van der Waals surface area contributed by atoms with Crippen molar-refractivity contribution in [2.24, 2.45) is 0 Å². The number of ketones is 1. The molecule has 2 aromatic carbocycles. The van der Waals surface area contributed by atoms with Crippen LogP contribution in [0.25, 0.3) is 0 Å². The molecular formula is C16H8Cl3NO3. The summed E-state index contributed by atoms with van der Waals surface area (Å²) in [6, 6.07) is 10.6. The summed E-state index contributed by atoms with van der Waals surface area (Å²) < 4.78 is 5.22. The number of rotatable bonds is 5. The standard InChI is InChI=1S/C16H8Cl3NO3/c17-11-1-2-14(23-8-15(19)21)13(6-11)16(22)10-3-9(7-20)4-12(18)5-10/h1-6H,8H2. The van der Waals surface area contributed by atoms with Gasteiger partial charge in [-0.25, -0.2) is 0 Å². The molecular weight excluding hydrogens is 361 g/mol. The van der Waals surface area contributed by atoms with Crippen LogP contribution in [0.2, 0.25) is 10.0 Å². The number of ether oxygens (including phenoxy) is 1. The quantitative estimate of drug-likeness (QED) is 0.585. The Hall–Kier alpha value is -2.06. The van der Waals surface area contributed by atoms with Gasteiger partial charge in [0.1, 0.15) is 5.75 Å². The fourth-order valence-electron chi connectivity index (χ4n) is 1.88. The van der Waals surface area contributed by atoms with Crippen molar-refractivity contribution in [2.75, 3.05) is 6.61 Å². The summed E-state index contributed by atoms with van der Waals surface area (Å²) in [7, 11) is 0. The summed E-state index contributed by atoms with van der Waals surface area (Å²) in [5.74, 6) is -0.282. The molecule has 0 saturated carbocycles. The molecule has 2 rings (SSSR count). The fourth-order valence-corrected chi connectivity index (χ4v) is 2.34. The van der Waals surface area contributed by atoms with Crippen LogP contribution in [0.4, 0.5) is 0 Å². The first-order valence-corrected chi connectivity index (χ1v) is 7.40. The van der Waals surface area contributed by atoms with E-state index in [9.17, 15) is 9.59 Å². The molecule has 2 aromatic rings. The Labute approximate surface area is 147 Å². The van der Waals surface area contributed by atoms with E-state index in [1.165, 1.54) is 36.4 Å². The van der Waals surface area contributed by atoms with Crippen molar-refractivity contribution in [3.05, 3.63) is 63.1 Å². The van der Waals surface area contributed by atoms with E-state index >= 15 is 0 Å². The van der Waals surface area contributed by atoms with Gasteiger partial charge >= 0.3 is 0 Å². The molecule has 0 aliphatic carbocycles. The maximum absolute atomic E-state index is 12.7. The number of nitrogens with zero attached hydrogens (tertiary/aromatic N) is 1. The molecule has 0 fully saturated rings. The Morgan fingerprint density at radius 1 is 1.09 bits per heavy atom. The lowest BCUT2D eigenvalue weighted by Gasteiger charge is -2.10. The number of hydrogen-bond acceptors (Lipinski definition) is 4. The van der Waals surface area contributed by atoms with Gasteiger partial charge in [0, 0.05) is 15.6 Å². The zero-order valence-electron chi connectivity index (χ0n) is 11.5. The Balaban J connectivity index is 2.46. The Bertz CT molecular complexity index is 828. The Kier molecular flexibility index (Phi) is 5.62. The zero-order valence-corrected chi connectivity index (χ0v) is 13.7. The van der Waals surface area contributed by atoms with Gasteiger partial charge in [0.15, 0.2) is 12.4 Å². The van der Waals surface area contributed by atoms with Gasteiger partial charge in [0.05, 0.1) is 17.2 Å². The fraction of sp³-hybridized carbons (Fsp3) is 0.0625. The number of benzene rings is 2. The molecule has 0 aliphatic heterocycles. The summed E-state index contributed by atoms with van der Waals surface area (Å²) in [6.45, 7) is -0.386. The first-order chi connectivity index (χ1) is 10.9. The smallest absolute Gasteiger partial charge is 0.259 e. The van der Waals surface area contributed by atoms with Crippen LogP contribution in [0.3, 0.4) is 0 Å². The highest BCUT2D eigenvalue weighted by Crippen LogP contribution is 2.27. The van der Waals surface area contributed by atoms with Gasteiger partial charge in [-0.15, -0.1) is 0 Å². The third-order valence-corrected chi connectivity index (χ3v) is 3.38. The second-order valence-corrected chi connectivity index (χ2v) is 5.75. The van der Waals surface area contributed by atoms with Crippen molar-refractivity contribution < 1.29 is 14.3 Å². The van der Waals surface area contributed by atoms with Crippen LogP contribution < -0.4 is 4.74 Å². The summed E-state index contributed by atoms with van der Waals surface area (Å²) in [4.78, 5) is 23.5. The number of hydrogen-bond donors (Lipinski definition) is 0. The van der Waals surface area contributed by atoms with E-state index in [0.29, 0.717) is 5.02 Å². The third kappa shape index (κ3) is 4.46. The minimum absolute atomic E-state index is 0.140. The van der Waals surface area contributed by atoms with E-state index < -0.39 is 11.0 Å². The molecule has 0 aliphatic rings. The predicted molar refractivity (Wildman–Crippen MR) is 87.4 cm³/mol. The molecule has 116 valence electrons. The van der Waals surface area contributed by atoms with Crippen molar-refractivity contribution in [3.8, 4) is 11.8 Å².